The van der Waals surface area contributed by atoms with Gasteiger partial charge in [-0.3, -0.25) is 9.59 Å². The number of amides is 2. The number of hydrogen-bond acceptors (Lipinski definition) is 2. The van der Waals surface area contributed by atoms with E-state index in [-0.39, 0.29) is 29.5 Å². The fourth-order valence-corrected chi connectivity index (χ4v) is 2.76. The second-order valence-corrected chi connectivity index (χ2v) is 5.89. The molecule has 1 aliphatic carbocycles. The van der Waals surface area contributed by atoms with Crippen molar-refractivity contribution in [1.29, 1.82) is 0 Å². The minimum absolute atomic E-state index is 0.0881. The van der Waals surface area contributed by atoms with E-state index in [1.807, 2.05) is 4.90 Å². The van der Waals surface area contributed by atoms with Crippen LogP contribution in [0.25, 0.3) is 0 Å². The van der Waals surface area contributed by atoms with Crippen LogP contribution in [0.15, 0.2) is 24.3 Å². The number of carbonyl (C=O) groups is 2. The predicted molar refractivity (Wildman–Crippen MR) is 77.1 cm³/mol. The second-order valence-electron chi connectivity index (χ2n) is 5.89. The highest BCUT2D eigenvalue weighted by Gasteiger charge is 2.36. The Labute approximate surface area is 123 Å². The lowest BCUT2D eigenvalue weighted by molar-refractivity contribution is -0.135. The quantitative estimate of drug-likeness (QED) is 0.929. The van der Waals surface area contributed by atoms with Gasteiger partial charge in [0.15, 0.2) is 0 Å². The SMILES string of the molecule is O=C(Nc1ccc(F)cc1)[C@@H]1CCCN(C(=O)C2CC2)C1. The zero-order chi connectivity index (χ0) is 14.8. The van der Waals surface area contributed by atoms with E-state index in [0.717, 1.165) is 32.2 Å². The number of anilines is 1. The van der Waals surface area contributed by atoms with Crippen LogP contribution < -0.4 is 5.32 Å². The van der Waals surface area contributed by atoms with Gasteiger partial charge < -0.3 is 10.2 Å². The Morgan fingerprint density at radius 2 is 1.81 bits per heavy atom. The van der Waals surface area contributed by atoms with Crippen molar-refractivity contribution in [3.63, 3.8) is 0 Å². The highest BCUT2D eigenvalue weighted by molar-refractivity contribution is 5.93. The predicted octanol–water partition coefficient (Wildman–Crippen LogP) is 2.41. The van der Waals surface area contributed by atoms with Crippen molar-refractivity contribution in [2.75, 3.05) is 18.4 Å². The number of nitrogens with one attached hydrogen (secondary N) is 1. The maximum atomic E-state index is 12.8. The van der Waals surface area contributed by atoms with Gasteiger partial charge in [-0.1, -0.05) is 0 Å². The zero-order valence-electron chi connectivity index (χ0n) is 11.8. The molecule has 3 rings (SSSR count). The molecule has 5 heteroatoms. The lowest BCUT2D eigenvalue weighted by Crippen LogP contribution is -2.44. The van der Waals surface area contributed by atoms with Crippen molar-refractivity contribution in [2.24, 2.45) is 11.8 Å². The Kier molecular flexibility index (Phi) is 3.90. The van der Waals surface area contributed by atoms with Gasteiger partial charge in [-0.15, -0.1) is 0 Å². The van der Waals surface area contributed by atoms with E-state index in [1.165, 1.54) is 12.1 Å². The standard InChI is InChI=1S/C16H19FN2O2/c17-13-5-7-14(8-6-13)18-15(20)12-2-1-9-19(10-12)16(21)11-3-4-11/h5-8,11-12H,1-4,9-10H2,(H,18,20)/t12-/m1/s1. The molecule has 2 fully saturated rings. The zero-order valence-corrected chi connectivity index (χ0v) is 11.8. The van der Waals surface area contributed by atoms with Crippen LogP contribution in [0, 0.1) is 17.7 Å². The molecule has 21 heavy (non-hydrogen) atoms. The van der Waals surface area contributed by atoms with E-state index in [2.05, 4.69) is 5.32 Å². The van der Waals surface area contributed by atoms with E-state index in [9.17, 15) is 14.0 Å². The number of rotatable bonds is 3. The van der Waals surface area contributed by atoms with E-state index >= 15 is 0 Å². The van der Waals surface area contributed by atoms with Crippen molar-refractivity contribution in [3.8, 4) is 0 Å². The number of carbonyl (C=O) groups excluding carboxylic acids is 2. The second kappa shape index (κ2) is 5.84. The Hall–Kier alpha value is -1.91. The Bertz CT molecular complexity index is 540. The van der Waals surface area contributed by atoms with Gasteiger partial charge in [-0.05, 0) is 49.9 Å². The fourth-order valence-electron chi connectivity index (χ4n) is 2.76. The summed E-state index contributed by atoms with van der Waals surface area (Å²) in [5, 5.41) is 2.80. The summed E-state index contributed by atoms with van der Waals surface area (Å²) in [7, 11) is 0. The number of hydrogen-bond donors (Lipinski definition) is 1. The molecule has 0 unspecified atom stereocenters. The molecule has 4 nitrogen and oxygen atoms in total. The topological polar surface area (TPSA) is 49.4 Å². The first-order valence-electron chi connectivity index (χ1n) is 7.49. The van der Waals surface area contributed by atoms with Crippen LogP contribution in [0.4, 0.5) is 10.1 Å². The van der Waals surface area contributed by atoms with Crippen molar-refractivity contribution in [2.45, 2.75) is 25.7 Å². The number of benzene rings is 1. The smallest absolute Gasteiger partial charge is 0.229 e. The summed E-state index contributed by atoms with van der Waals surface area (Å²) >= 11 is 0. The van der Waals surface area contributed by atoms with E-state index in [4.69, 9.17) is 0 Å². The molecule has 1 aromatic carbocycles. The monoisotopic (exact) mass is 290 g/mol. The van der Waals surface area contributed by atoms with E-state index in [1.54, 1.807) is 12.1 Å². The van der Waals surface area contributed by atoms with Gasteiger partial charge in [0.25, 0.3) is 0 Å². The van der Waals surface area contributed by atoms with Gasteiger partial charge in [-0.25, -0.2) is 4.39 Å². The first-order valence-corrected chi connectivity index (χ1v) is 7.49. The summed E-state index contributed by atoms with van der Waals surface area (Å²) in [6.07, 6.45) is 3.63. The summed E-state index contributed by atoms with van der Waals surface area (Å²) in [6.45, 7) is 1.26. The molecule has 2 amide bonds. The van der Waals surface area contributed by atoms with Crippen molar-refractivity contribution in [1.82, 2.24) is 4.90 Å². The molecule has 1 N–H and O–H groups in total. The van der Waals surface area contributed by atoms with Crippen LogP contribution in [0.2, 0.25) is 0 Å². The highest BCUT2D eigenvalue weighted by atomic mass is 19.1. The number of nitrogens with zero attached hydrogens (tertiary/aromatic N) is 1. The van der Waals surface area contributed by atoms with Gasteiger partial charge in [0, 0.05) is 24.7 Å². The molecule has 1 atom stereocenters. The van der Waals surface area contributed by atoms with Gasteiger partial charge in [-0.2, -0.15) is 0 Å². The van der Waals surface area contributed by atoms with Crippen molar-refractivity contribution >= 4 is 17.5 Å². The molecule has 1 aromatic rings. The van der Waals surface area contributed by atoms with Gasteiger partial charge in [0.05, 0.1) is 5.92 Å². The minimum atomic E-state index is -0.327. The largest absolute Gasteiger partial charge is 0.342 e. The maximum absolute atomic E-state index is 12.8. The summed E-state index contributed by atoms with van der Waals surface area (Å²) < 4.78 is 12.8. The van der Waals surface area contributed by atoms with Crippen LogP contribution in [0.5, 0.6) is 0 Å². The molecule has 1 heterocycles. The lowest BCUT2D eigenvalue weighted by Gasteiger charge is -2.32. The molecule has 1 saturated heterocycles. The van der Waals surface area contributed by atoms with Crippen molar-refractivity contribution < 1.29 is 14.0 Å². The van der Waals surface area contributed by atoms with Gasteiger partial charge >= 0.3 is 0 Å². The van der Waals surface area contributed by atoms with Gasteiger partial charge in [0.2, 0.25) is 11.8 Å². The molecule has 1 aliphatic heterocycles. The highest BCUT2D eigenvalue weighted by Crippen LogP contribution is 2.32. The van der Waals surface area contributed by atoms with Crippen LogP contribution in [-0.4, -0.2) is 29.8 Å². The Balaban J connectivity index is 1.58. The van der Waals surface area contributed by atoms with Crippen LogP contribution in [-0.2, 0) is 9.59 Å². The molecule has 2 aliphatic rings. The van der Waals surface area contributed by atoms with Crippen molar-refractivity contribution in [3.05, 3.63) is 30.1 Å². The first kappa shape index (κ1) is 14.0. The minimum Gasteiger partial charge on any atom is -0.342 e. The number of piperidine rings is 1. The maximum Gasteiger partial charge on any atom is 0.229 e. The number of halogens is 1. The van der Waals surface area contributed by atoms with Gasteiger partial charge in [0.1, 0.15) is 5.82 Å². The normalized spacial score (nSPS) is 22.0. The molecule has 0 radical (unpaired) electrons. The third kappa shape index (κ3) is 3.40. The number of likely N-dealkylation sites (tertiary alicyclic amines) is 1. The molecule has 0 aromatic heterocycles. The average Bonchev–Trinajstić information content (AvgIpc) is 3.34. The summed E-state index contributed by atoms with van der Waals surface area (Å²) in [5.41, 5.74) is 0.590. The van der Waals surface area contributed by atoms with Crippen LogP contribution in [0.1, 0.15) is 25.7 Å². The molecular weight excluding hydrogens is 271 g/mol. The molecule has 0 bridgehead atoms. The Morgan fingerprint density at radius 1 is 1.10 bits per heavy atom. The third-order valence-electron chi connectivity index (χ3n) is 4.14. The molecule has 0 spiro atoms. The summed E-state index contributed by atoms with van der Waals surface area (Å²) in [4.78, 5) is 26.2. The summed E-state index contributed by atoms with van der Waals surface area (Å²) in [6, 6.07) is 5.73. The van der Waals surface area contributed by atoms with Crippen LogP contribution in [0.3, 0.4) is 0 Å². The lowest BCUT2D eigenvalue weighted by atomic mass is 9.96. The fraction of sp³-hybridized carbons (Fsp3) is 0.500. The first-order chi connectivity index (χ1) is 10.1. The molecule has 112 valence electrons. The summed E-state index contributed by atoms with van der Waals surface area (Å²) in [5.74, 6) is -0.188. The van der Waals surface area contributed by atoms with E-state index in [0.29, 0.717) is 12.2 Å². The Morgan fingerprint density at radius 3 is 2.48 bits per heavy atom. The van der Waals surface area contributed by atoms with Crippen LogP contribution >= 0.6 is 0 Å². The molecule has 1 saturated carbocycles. The average molecular weight is 290 g/mol. The third-order valence-corrected chi connectivity index (χ3v) is 4.14. The van der Waals surface area contributed by atoms with E-state index < -0.39 is 0 Å². The molecular formula is C16H19FN2O2.